The van der Waals surface area contributed by atoms with Gasteiger partial charge < -0.3 is 9.80 Å². The van der Waals surface area contributed by atoms with Gasteiger partial charge in [0.1, 0.15) is 11.6 Å². The number of anilines is 3. The summed E-state index contributed by atoms with van der Waals surface area (Å²) in [4.78, 5) is 20.7. The zero-order chi connectivity index (χ0) is 26.4. The van der Waals surface area contributed by atoms with Crippen LogP contribution >= 0.6 is 11.3 Å². The fourth-order valence-corrected chi connectivity index (χ4v) is 6.36. The van der Waals surface area contributed by atoms with Crippen LogP contribution in [0.25, 0.3) is 0 Å². The normalized spacial score (nSPS) is 15.8. The first-order valence-corrected chi connectivity index (χ1v) is 14.7. The first-order valence-electron chi connectivity index (χ1n) is 12.3. The van der Waals surface area contributed by atoms with Crippen LogP contribution in [0.4, 0.5) is 25.3 Å². The molecule has 3 aromatic rings. The van der Waals surface area contributed by atoms with E-state index in [2.05, 4.69) is 9.71 Å². The van der Waals surface area contributed by atoms with Gasteiger partial charge in [-0.15, -0.1) is 11.3 Å². The van der Waals surface area contributed by atoms with Gasteiger partial charge in [0.15, 0.2) is 5.13 Å². The van der Waals surface area contributed by atoms with Crippen molar-refractivity contribution in [3.63, 3.8) is 0 Å². The third-order valence-corrected chi connectivity index (χ3v) is 8.54. The number of aromatic nitrogens is 1. The van der Waals surface area contributed by atoms with Crippen LogP contribution in [-0.2, 0) is 14.8 Å². The molecule has 2 heterocycles. The minimum Gasteiger partial charge on any atom is -0.371 e. The van der Waals surface area contributed by atoms with Crippen molar-refractivity contribution >= 4 is 43.8 Å². The van der Waals surface area contributed by atoms with E-state index in [-0.39, 0.29) is 16.7 Å². The third-order valence-electron chi connectivity index (χ3n) is 6.37. The molecule has 1 atom stereocenters. The molecule has 0 radical (unpaired) electrons. The Hall–Kier alpha value is -3.05. The highest BCUT2D eigenvalue weighted by Crippen LogP contribution is 2.30. The lowest BCUT2D eigenvalue weighted by Crippen LogP contribution is -2.27. The Morgan fingerprint density at radius 3 is 2.49 bits per heavy atom. The summed E-state index contributed by atoms with van der Waals surface area (Å²) in [6.07, 6.45) is 5.47. The number of rotatable bonds is 12. The van der Waals surface area contributed by atoms with Gasteiger partial charge in [-0.25, -0.2) is 22.2 Å². The SMILES string of the molecule is CCCN(CCCC[C@H]1CCN(c2ccc(S(=O)(=O)Nc3nccs3)cc2)C1=O)c1cc(F)cc(F)c1. The number of thiazole rings is 1. The van der Waals surface area contributed by atoms with Crippen LogP contribution in [0.1, 0.15) is 39.0 Å². The molecule has 0 saturated carbocycles. The Labute approximate surface area is 220 Å². The van der Waals surface area contributed by atoms with E-state index in [9.17, 15) is 22.0 Å². The molecule has 1 aliphatic heterocycles. The molecule has 7 nitrogen and oxygen atoms in total. The van der Waals surface area contributed by atoms with E-state index in [4.69, 9.17) is 0 Å². The van der Waals surface area contributed by atoms with E-state index >= 15 is 0 Å². The van der Waals surface area contributed by atoms with Gasteiger partial charge in [-0.1, -0.05) is 13.3 Å². The Balaban J connectivity index is 1.29. The van der Waals surface area contributed by atoms with E-state index in [1.54, 1.807) is 22.4 Å². The first-order chi connectivity index (χ1) is 17.8. The maximum atomic E-state index is 13.7. The molecule has 198 valence electrons. The van der Waals surface area contributed by atoms with Crippen molar-refractivity contribution in [2.45, 2.75) is 43.9 Å². The molecule has 0 bridgehead atoms. The maximum absolute atomic E-state index is 13.7. The van der Waals surface area contributed by atoms with Crippen molar-refractivity contribution in [3.05, 3.63) is 65.7 Å². The minimum atomic E-state index is -3.75. The van der Waals surface area contributed by atoms with Crippen LogP contribution in [0.2, 0.25) is 0 Å². The number of hydrogen-bond acceptors (Lipinski definition) is 6. The van der Waals surface area contributed by atoms with Crippen molar-refractivity contribution in [2.24, 2.45) is 5.92 Å². The molecule has 4 rings (SSSR count). The van der Waals surface area contributed by atoms with Gasteiger partial charge in [-0.05, 0) is 62.1 Å². The highest BCUT2D eigenvalue weighted by Gasteiger charge is 2.32. The van der Waals surface area contributed by atoms with E-state index in [0.29, 0.717) is 36.1 Å². The predicted molar refractivity (Wildman–Crippen MR) is 143 cm³/mol. The number of nitrogens with zero attached hydrogens (tertiary/aromatic N) is 3. The third kappa shape index (κ3) is 6.84. The minimum absolute atomic E-state index is 0.0362. The molecule has 1 aliphatic rings. The standard InChI is InChI=1S/C26H30F2N4O3S2/c1-2-12-31(23-17-20(27)16-21(28)18-23)13-4-3-5-19-10-14-32(25(19)33)22-6-8-24(9-7-22)37(34,35)30-26-29-11-15-36-26/h6-9,11,15-19H,2-5,10,12-14H2,1H3,(H,29,30)/t19-/m0/s1. The van der Waals surface area contributed by atoms with E-state index < -0.39 is 21.7 Å². The number of unbranched alkanes of at least 4 members (excludes halogenated alkanes) is 1. The van der Waals surface area contributed by atoms with Crippen molar-refractivity contribution in [1.29, 1.82) is 0 Å². The van der Waals surface area contributed by atoms with Crippen LogP contribution in [-0.4, -0.2) is 38.9 Å². The number of carbonyl (C=O) groups excluding carboxylic acids is 1. The molecule has 1 N–H and O–H groups in total. The van der Waals surface area contributed by atoms with Crippen molar-refractivity contribution in [2.75, 3.05) is 34.2 Å². The quantitative estimate of drug-likeness (QED) is 0.295. The summed E-state index contributed by atoms with van der Waals surface area (Å²) in [5.41, 5.74) is 1.21. The number of hydrogen-bond donors (Lipinski definition) is 1. The number of amides is 1. The average molecular weight is 549 g/mol. The highest BCUT2D eigenvalue weighted by atomic mass is 32.2. The fraction of sp³-hybridized carbons (Fsp3) is 0.385. The molecule has 0 aliphatic carbocycles. The monoisotopic (exact) mass is 548 g/mol. The molecular formula is C26H30F2N4O3S2. The maximum Gasteiger partial charge on any atom is 0.263 e. The van der Waals surface area contributed by atoms with Gasteiger partial charge in [-0.2, -0.15) is 0 Å². The van der Waals surface area contributed by atoms with Gasteiger partial charge in [0.25, 0.3) is 10.0 Å². The summed E-state index contributed by atoms with van der Waals surface area (Å²) in [5, 5.41) is 1.98. The molecule has 1 fully saturated rings. The number of benzene rings is 2. The number of carbonyl (C=O) groups is 1. The van der Waals surface area contributed by atoms with Crippen LogP contribution in [0.15, 0.2) is 58.9 Å². The van der Waals surface area contributed by atoms with Crippen molar-refractivity contribution < 1.29 is 22.0 Å². The highest BCUT2D eigenvalue weighted by molar-refractivity contribution is 7.93. The molecule has 11 heteroatoms. The van der Waals surface area contributed by atoms with E-state index in [0.717, 1.165) is 38.2 Å². The second-order valence-corrected chi connectivity index (χ2v) is 11.6. The van der Waals surface area contributed by atoms with Crippen LogP contribution < -0.4 is 14.5 Å². The van der Waals surface area contributed by atoms with Crippen molar-refractivity contribution in [3.8, 4) is 0 Å². The lowest BCUT2D eigenvalue weighted by Gasteiger charge is -2.24. The Kier molecular flexibility index (Phi) is 8.75. The Bertz CT molecular complexity index is 1280. The molecule has 2 aromatic carbocycles. The van der Waals surface area contributed by atoms with Gasteiger partial charge in [0, 0.05) is 54.6 Å². The Morgan fingerprint density at radius 2 is 1.84 bits per heavy atom. The first kappa shape index (κ1) is 27.0. The molecule has 1 amide bonds. The molecular weight excluding hydrogens is 518 g/mol. The second kappa shape index (κ2) is 12.0. The predicted octanol–water partition coefficient (Wildman–Crippen LogP) is 5.66. The summed E-state index contributed by atoms with van der Waals surface area (Å²) in [7, 11) is -3.75. The summed E-state index contributed by atoms with van der Waals surface area (Å²) in [6, 6.07) is 9.85. The summed E-state index contributed by atoms with van der Waals surface area (Å²) in [6.45, 7) is 3.96. The largest absolute Gasteiger partial charge is 0.371 e. The average Bonchev–Trinajstić information content (AvgIpc) is 3.49. The molecule has 1 saturated heterocycles. The molecule has 0 spiro atoms. The number of halogens is 2. The lowest BCUT2D eigenvalue weighted by atomic mass is 10.0. The topological polar surface area (TPSA) is 82.6 Å². The van der Waals surface area contributed by atoms with Gasteiger partial charge in [-0.3, -0.25) is 9.52 Å². The smallest absolute Gasteiger partial charge is 0.263 e. The fourth-order valence-electron chi connectivity index (χ4n) is 4.57. The van der Waals surface area contributed by atoms with Gasteiger partial charge >= 0.3 is 0 Å². The number of sulfonamides is 1. The summed E-state index contributed by atoms with van der Waals surface area (Å²) >= 11 is 1.19. The van der Waals surface area contributed by atoms with Crippen LogP contribution in [0.3, 0.4) is 0 Å². The van der Waals surface area contributed by atoms with E-state index in [1.807, 2.05) is 11.8 Å². The summed E-state index contributed by atoms with van der Waals surface area (Å²) < 4.78 is 54.8. The second-order valence-electron chi connectivity index (χ2n) is 9.02. The Morgan fingerprint density at radius 1 is 1.11 bits per heavy atom. The van der Waals surface area contributed by atoms with Crippen LogP contribution in [0.5, 0.6) is 0 Å². The summed E-state index contributed by atoms with van der Waals surface area (Å²) in [5.74, 6) is -1.24. The van der Waals surface area contributed by atoms with Crippen LogP contribution in [0, 0.1) is 17.6 Å². The molecule has 0 unspecified atom stereocenters. The van der Waals surface area contributed by atoms with Gasteiger partial charge in [0.2, 0.25) is 5.91 Å². The zero-order valence-electron chi connectivity index (χ0n) is 20.6. The van der Waals surface area contributed by atoms with E-state index in [1.165, 1.54) is 41.8 Å². The number of nitrogens with one attached hydrogen (secondary N) is 1. The molecule has 37 heavy (non-hydrogen) atoms. The zero-order valence-corrected chi connectivity index (χ0v) is 22.2. The van der Waals surface area contributed by atoms with Gasteiger partial charge in [0.05, 0.1) is 4.90 Å². The lowest BCUT2D eigenvalue weighted by molar-refractivity contribution is -0.120. The van der Waals surface area contributed by atoms with Crippen molar-refractivity contribution in [1.82, 2.24) is 4.98 Å². The molecule has 1 aromatic heterocycles.